The Labute approximate surface area is 149 Å². The van der Waals surface area contributed by atoms with Crippen molar-refractivity contribution >= 4 is 18.4 Å². The van der Waals surface area contributed by atoms with E-state index in [0.29, 0.717) is 6.04 Å². The van der Waals surface area contributed by atoms with E-state index in [1.807, 2.05) is 3.59 Å². The molecule has 0 radical (unpaired) electrons. The van der Waals surface area contributed by atoms with E-state index in [0.717, 1.165) is 6.42 Å². The van der Waals surface area contributed by atoms with Crippen LogP contribution in [0.4, 0.5) is 0 Å². The minimum absolute atomic E-state index is 0.279. The van der Waals surface area contributed by atoms with Crippen molar-refractivity contribution in [1.82, 2.24) is 5.48 Å². The van der Waals surface area contributed by atoms with Crippen LogP contribution in [0.1, 0.15) is 79.6 Å². The standard InChI is InChI=1S/C8H14NO.3C4H9.Sn/c1-8(2)6-4-5-7(8)9-10-3;3*1-3-4-2;/h4,7,9H,5H2,1-3H3;3*1,3-4H2,2H3;. The maximum absolute atomic E-state index is 5.31. The van der Waals surface area contributed by atoms with Crippen molar-refractivity contribution in [3.8, 4) is 0 Å². The van der Waals surface area contributed by atoms with Crippen LogP contribution in [0.2, 0.25) is 13.3 Å². The normalized spacial score (nSPS) is 20.8. The summed E-state index contributed by atoms with van der Waals surface area (Å²) in [4.78, 5) is 5.31. The Hall–Kier alpha value is 0.459. The zero-order valence-electron chi connectivity index (χ0n) is 16.6. The molecule has 0 bridgehead atoms. The van der Waals surface area contributed by atoms with E-state index >= 15 is 0 Å². The van der Waals surface area contributed by atoms with Crippen molar-refractivity contribution in [2.24, 2.45) is 5.41 Å². The van der Waals surface area contributed by atoms with Gasteiger partial charge in [-0.1, -0.05) is 0 Å². The Morgan fingerprint density at radius 1 is 1.04 bits per heavy atom. The Kier molecular flexibility index (Phi) is 9.77. The number of hydrogen-bond acceptors (Lipinski definition) is 2. The summed E-state index contributed by atoms with van der Waals surface area (Å²) in [6.45, 7) is 12.0. The van der Waals surface area contributed by atoms with E-state index in [-0.39, 0.29) is 5.41 Å². The van der Waals surface area contributed by atoms with Gasteiger partial charge in [-0.15, -0.1) is 0 Å². The van der Waals surface area contributed by atoms with Gasteiger partial charge in [0.25, 0.3) is 0 Å². The first kappa shape index (κ1) is 21.5. The van der Waals surface area contributed by atoms with Crippen LogP contribution in [0, 0.1) is 5.41 Å². The number of rotatable bonds is 12. The van der Waals surface area contributed by atoms with Gasteiger partial charge in [-0.05, 0) is 0 Å². The first-order chi connectivity index (χ1) is 11.0. The van der Waals surface area contributed by atoms with E-state index in [9.17, 15) is 0 Å². The summed E-state index contributed by atoms with van der Waals surface area (Å²) in [5.74, 6) is 0. The summed E-state index contributed by atoms with van der Waals surface area (Å²) in [5, 5.41) is 0. The van der Waals surface area contributed by atoms with Crippen LogP contribution < -0.4 is 5.48 Å². The van der Waals surface area contributed by atoms with Crippen LogP contribution in [0.15, 0.2) is 9.67 Å². The summed E-state index contributed by atoms with van der Waals surface area (Å²) < 4.78 is 6.64. The molecule has 0 aromatic heterocycles. The zero-order valence-corrected chi connectivity index (χ0v) is 19.5. The third-order valence-electron chi connectivity index (χ3n) is 5.98. The molecule has 0 amide bonds. The molecule has 23 heavy (non-hydrogen) atoms. The van der Waals surface area contributed by atoms with Gasteiger partial charge in [-0.3, -0.25) is 0 Å². The fourth-order valence-electron chi connectivity index (χ4n) is 4.54. The van der Waals surface area contributed by atoms with Gasteiger partial charge in [0.2, 0.25) is 0 Å². The molecule has 0 saturated carbocycles. The molecule has 1 unspecified atom stereocenters. The molecular formula is C20H41NOSn. The third kappa shape index (κ3) is 5.47. The minimum atomic E-state index is -2.28. The van der Waals surface area contributed by atoms with Crippen LogP contribution in [0.3, 0.4) is 0 Å². The molecule has 0 spiro atoms. The number of nitrogens with one attached hydrogen (secondary N) is 1. The molecule has 136 valence electrons. The van der Waals surface area contributed by atoms with Crippen LogP contribution >= 0.6 is 0 Å². The van der Waals surface area contributed by atoms with Crippen LogP contribution in [0.25, 0.3) is 0 Å². The van der Waals surface area contributed by atoms with Crippen molar-refractivity contribution in [3.63, 3.8) is 0 Å². The fraction of sp³-hybridized carbons (Fsp3) is 0.900. The van der Waals surface area contributed by atoms with E-state index in [1.54, 1.807) is 20.4 Å². The molecule has 1 N–H and O–H groups in total. The predicted molar refractivity (Wildman–Crippen MR) is 105 cm³/mol. The van der Waals surface area contributed by atoms with Crippen LogP contribution in [-0.4, -0.2) is 31.5 Å². The first-order valence-corrected chi connectivity index (χ1v) is 17.5. The average molecular weight is 430 g/mol. The summed E-state index contributed by atoms with van der Waals surface area (Å²) in [6.07, 6.45) is 12.2. The topological polar surface area (TPSA) is 21.3 Å². The maximum atomic E-state index is 5.31. The Bertz CT molecular complexity index is 343. The second-order valence-corrected chi connectivity index (χ2v) is 21.2. The zero-order chi connectivity index (χ0) is 17.3. The molecule has 2 nitrogen and oxygen atoms in total. The first-order valence-electron chi connectivity index (χ1n) is 9.98. The Balaban J connectivity index is 3.09. The second-order valence-electron chi connectivity index (χ2n) is 8.04. The number of unbranched alkanes of at least 4 members (excludes halogenated alkanes) is 3. The molecule has 0 heterocycles. The van der Waals surface area contributed by atoms with E-state index < -0.39 is 18.4 Å². The predicted octanol–water partition coefficient (Wildman–Crippen LogP) is 6.25. The van der Waals surface area contributed by atoms with Gasteiger partial charge in [0.05, 0.1) is 0 Å². The van der Waals surface area contributed by atoms with E-state index in [2.05, 4.69) is 46.2 Å². The van der Waals surface area contributed by atoms with Crippen molar-refractivity contribution < 1.29 is 4.84 Å². The molecule has 0 saturated heterocycles. The fourth-order valence-corrected chi connectivity index (χ4v) is 23.8. The van der Waals surface area contributed by atoms with Gasteiger partial charge in [0, 0.05) is 0 Å². The molecule has 0 aromatic carbocycles. The molecule has 1 atom stereocenters. The molecule has 0 aliphatic heterocycles. The monoisotopic (exact) mass is 431 g/mol. The summed E-state index contributed by atoms with van der Waals surface area (Å²) >= 11 is -2.28. The van der Waals surface area contributed by atoms with Crippen molar-refractivity contribution in [2.45, 2.75) is 98.9 Å². The van der Waals surface area contributed by atoms with Gasteiger partial charge in [0.15, 0.2) is 0 Å². The molecule has 0 fully saturated rings. The summed E-state index contributed by atoms with van der Waals surface area (Å²) in [5.41, 5.74) is 3.57. The van der Waals surface area contributed by atoms with Crippen molar-refractivity contribution in [3.05, 3.63) is 9.67 Å². The quantitative estimate of drug-likeness (QED) is 0.292. The Morgan fingerprint density at radius 3 is 1.91 bits per heavy atom. The SMILES string of the molecule is CCC[CH2][Sn]([CH2]CCC)([CH2]CCC)[C]1=CCC(NOC)C1(C)C. The van der Waals surface area contributed by atoms with E-state index in [4.69, 9.17) is 4.84 Å². The van der Waals surface area contributed by atoms with Crippen molar-refractivity contribution in [2.75, 3.05) is 7.11 Å². The van der Waals surface area contributed by atoms with Crippen LogP contribution in [0.5, 0.6) is 0 Å². The molecule has 1 aliphatic carbocycles. The average Bonchev–Trinajstić information content (AvgIpc) is 2.83. The molecular weight excluding hydrogens is 389 g/mol. The van der Waals surface area contributed by atoms with Gasteiger partial charge in [-0.2, -0.15) is 0 Å². The van der Waals surface area contributed by atoms with Gasteiger partial charge >= 0.3 is 150 Å². The second kappa shape index (κ2) is 10.4. The molecule has 0 aromatic rings. The molecule has 3 heteroatoms. The van der Waals surface area contributed by atoms with Gasteiger partial charge < -0.3 is 0 Å². The Morgan fingerprint density at radius 2 is 1.52 bits per heavy atom. The molecule has 1 aliphatic rings. The van der Waals surface area contributed by atoms with Crippen molar-refractivity contribution in [1.29, 1.82) is 0 Å². The van der Waals surface area contributed by atoms with Gasteiger partial charge in [-0.25, -0.2) is 0 Å². The summed E-state index contributed by atoms with van der Waals surface area (Å²) in [6, 6.07) is 0.462. The van der Waals surface area contributed by atoms with E-state index in [1.165, 1.54) is 38.5 Å². The number of hydroxylamine groups is 1. The molecule has 1 rings (SSSR count). The third-order valence-corrected chi connectivity index (χ3v) is 22.9. The summed E-state index contributed by atoms with van der Waals surface area (Å²) in [7, 11) is 1.76. The van der Waals surface area contributed by atoms with Gasteiger partial charge in [0.1, 0.15) is 0 Å². The number of hydrogen-bond donors (Lipinski definition) is 1. The van der Waals surface area contributed by atoms with Crippen LogP contribution in [-0.2, 0) is 4.84 Å².